The van der Waals surface area contributed by atoms with Crippen LogP contribution in [0.5, 0.6) is 0 Å². The molecule has 0 rings (SSSR count). The van der Waals surface area contributed by atoms with Crippen LogP contribution in [0.1, 0.15) is 52.9 Å². The Morgan fingerprint density at radius 3 is 1.92 bits per heavy atom. The molecule has 0 aromatic carbocycles. The first-order chi connectivity index (χ1) is 5.22. The molecule has 2 heteroatoms. The average Bonchev–Trinajstić information content (AvgIpc) is 2.02. The minimum atomic E-state index is 0. The first kappa shape index (κ1) is 19.3. The molecule has 0 aliphatic heterocycles. The van der Waals surface area contributed by atoms with Gasteiger partial charge in [0.25, 0.3) is 0 Å². The van der Waals surface area contributed by atoms with Gasteiger partial charge in [-0.2, -0.15) is 6.42 Å². The van der Waals surface area contributed by atoms with E-state index < -0.39 is 0 Å². The van der Waals surface area contributed by atoms with Crippen molar-refractivity contribution in [2.24, 2.45) is 0 Å². The van der Waals surface area contributed by atoms with Crippen molar-refractivity contribution in [1.82, 2.24) is 0 Å². The summed E-state index contributed by atoms with van der Waals surface area (Å²) in [6.45, 7) is 9.99. The molecule has 0 bridgehead atoms. The molecule has 0 amide bonds. The third kappa shape index (κ3) is 22.6. The molecule has 0 aliphatic carbocycles. The van der Waals surface area contributed by atoms with E-state index in [0.717, 1.165) is 12.1 Å². The fourth-order valence-corrected chi connectivity index (χ4v) is 0.906. The quantitative estimate of drug-likeness (QED) is 0.534. The van der Waals surface area contributed by atoms with Gasteiger partial charge in [0.2, 0.25) is 0 Å². The van der Waals surface area contributed by atoms with E-state index in [1.54, 1.807) is 0 Å². The Bertz CT molecular complexity index is 57.8. The van der Waals surface area contributed by atoms with Gasteiger partial charge in [-0.1, -0.05) is 33.6 Å². The van der Waals surface area contributed by atoms with Crippen LogP contribution in [0.3, 0.4) is 0 Å². The van der Waals surface area contributed by atoms with Crippen LogP contribution < -0.4 is 0 Å². The molecule has 0 fully saturated rings. The van der Waals surface area contributed by atoms with E-state index in [-0.39, 0.29) is 37.3 Å². The molecular weight excluding hydrogens is 318 g/mol. The molecule has 0 heterocycles. The molecule has 2 atom stereocenters. The summed E-state index contributed by atoms with van der Waals surface area (Å²) in [4.78, 5) is 0. The second-order valence-corrected chi connectivity index (χ2v) is 3.75. The third-order valence-electron chi connectivity index (χ3n) is 1.45. The monoisotopic (exact) mass is 341 g/mol. The summed E-state index contributed by atoms with van der Waals surface area (Å²) in [5.41, 5.74) is 0.870. The van der Waals surface area contributed by atoms with Crippen molar-refractivity contribution in [3.8, 4) is 0 Å². The van der Waals surface area contributed by atoms with Crippen LogP contribution in [0.2, 0.25) is 0 Å². The van der Waals surface area contributed by atoms with Gasteiger partial charge >= 0.3 is 0 Å². The van der Waals surface area contributed by atoms with Crippen molar-refractivity contribution in [1.29, 1.82) is 0 Å². The van der Waals surface area contributed by atoms with Crippen molar-refractivity contribution < 1.29 is 37.3 Å². The Kier molecular flexibility index (Phi) is 29.7. The predicted molar refractivity (Wildman–Crippen MR) is 59.0 cm³/mol. The third-order valence-corrected chi connectivity index (χ3v) is 2.26. The summed E-state index contributed by atoms with van der Waals surface area (Å²) < 4.78 is 0. The Hall–Kier alpha value is 1.68. The largest absolute Gasteiger partial charge is 0.344 e. The molecule has 0 spiro atoms. The van der Waals surface area contributed by atoms with Gasteiger partial charge in [-0.3, -0.25) is 0 Å². The van der Waals surface area contributed by atoms with Crippen LogP contribution >= 0.6 is 9.24 Å². The zero-order chi connectivity index (χ0) is 9.11. The van der Waals surface area contributed by atoms with Crippen molar-refractivity contribution in [2.75, 3.05) is 0 Å². The fraction of sp³-hybridized carbons (Fsp3) is 0.900. The van der Waals surface area contributed by atoms with E-state index in [9.17, 15) is 0 Å². The summed E-state index contributed by atoms with van der Waals surface area (Å²) in [7, 11) is 2.88. The summed E-state index contributed by atoms with van der Waals surface area (Å²) in [6.07, 6.45) is 6.43. The molecule has 12 heavy (non-hydrogen) atoms. The number of unbranched alkanes of at least 4 members (excludes halogenated alkanes) is 1. The van der Waals surface area contributed by atoms with E-state index in [1.807, 2.05) is 6.92 Å². The van der Waals surface area contributed by atoms with Crippen LogP contribution in [-0.2, 0) is 0 Å². The maximum Gasteiger partial charge on any atom is 0 e. The van der Waals surface area contributed by atoms with Gasteiger partial charge < -0.3 is 6.92 Å². The van der Waals surface area contributed by atoms with E-state index in [1.165, 1.54) is 25.7 Å². The molecule has 2 unspecified atom stereocenters. The molecule has 0 radical (unpaired) electrons. The maximum absolute atomic E-state index is 3.49. The molecule has 82 valence electrons. The molecule has 0 aromatic rings. The maximum atomic E-state index is 3.49. The van der Waals surface area contributed by atoms with Crippen molar-refractivity contribution >= 4 is 9.24 Å². The number of hydrogen-bond acceptors (Lipinski definition) is 0. The Morgan fingerprint density at radius 2 is 1.67 bits per heavy atom. The van der Waals surface area contributed by atoms with E-state index in [0.29, 0.717) is 0 Å². The zero-order valence-corrected chi connectivity index (χ0v) is 11.7. The molecule has 0 saturated heterocycles. The first-order valence-electron chi connectivity index (χ1n) is 4.77. The minimum absolute atomic E-state index is 0. The number of rotatable bonds is 4. The van der Waals surface area contributed by atoms with Crippen LogP contribution in [-0.4, -0.2) is 5.66 Å². The Balaban J connectivity index is -0.000000177. The molecule has 0 aromatic heterocycles. The molecule has 0 aliphatic rings. The van der Waals surface area contributed by atoms with E-state index in [4.69, 9.17) is 0 Å². The second kappa shape index (κ2) is 18.5. The van der Waals surface area contributed by atoms with Gasteiger partial charge in [-0.05, 0) is 18.5 Å². The first-order valence-corrected chi connectivity index (χ1v) is 5.44. The van der Waals surface area contributed by atoms with Crippen LogP contribution in [0.25, 0.3) is 0 Å². The van der Waals surface area contributed by atoms with Gasteiger partial charge in [0.05, 0.1) is 0 Å². The molecular formula is C10H24ErP-. The SMILES string of the molecule is CCCCC(P)CC.[CH2-]CC.[Er]. The molecule has 0 nitrogen and oxygen atoms in total. The van der Waals surface area contributed by atoms with Crippen LogP contribution in [0.15, 0.2) is 0 Å². The van der Waals surface area contributed by atoms with Gasteiger partial charge in [0, 0.05) is 37.3 Å². The normalized spacial score (nSPS) is 10.8. The zero-order valence-electron chi connectivity index (χ0n) is 8.69. The van der Waals surface area contributed by atoms with Gasteiger partial charge in [0.15, 0.2) is 0 Å². The summed E-state index contributed by atoms with van der Waals surface area (Å²) in [5, 5.41) is 0. The predicted octanol–water partition coefficient (Wildman–Crippen LogP) is 4.06. The van der Waals surface area contributed by atoms with E-state index in [2.05, 4.69) is 30.0 Å². The van der Waals surface area contributed by atoms with Crippen LogP contribution in [0.4, 0.5) is 0 Å². The van der Waals surface area contributed by atoms with Crippen molar-refractivity contribution in [3.63, 3.8) is 0 Å². The number of hydrogen-bond donors (Lipinski definition) is 0. The van der Waals surface area contributed by atoms with Gasteiger partial charge in [0.1, 0.15) is 0 Å². The smallest absolute Gasteiger partial charge is 0 e. The summed E-state index contributed by atoms with van der Waals surface area (Å²) in [6, 6.07) is 0. The molecule has 0 N–H and O–H groups in total. The molecule has 0 saturated carbocycles. The Morgan fingerprint density at radius 1 is 1.25 bits per heavy atom. The second-order valence-electron chi connectivity index (χ2n) is 2.81. The van der Waals surface area contributed by atoms with Crippen molar-refractivity contribution in [3.05, 3.63) is 6.92 Å². The summed E-state index contributed by atoms with van der Waals surface area (Å²) in [5.74, 6) is 0. The fourth-order valence-electron chi connectivity index (χ4n) is 0.670. The standard InChI is InChI=1S/C7H17P.C3H7.Er/c1-3-5-6-7(8)4-2;1-3-2;/h7H,3-6,8H2,1-2H3;1,3H2,2H3;/q;-1;. The van der Waals surface area contributed by atoms with Gasteiger partial charge in [-0.25, -0.2) is 0 Å². The topological polar surface area (TPSA) is 0 Å². The van der Waals surface area contributed by atoms with Crippen molar-refractivity contribution in [2.45, 2.75) is 58.5 Å². The van der Waals surface area contributed by atoms with E-state index >= 15 is 0 Å². The van der Waals surface area contributed by atoms with Crippen LogP contribution in [0, 0.1) is 44.2 Å². The minimum Gasteiger partial charge on any atom is -0.344 e. The average molecular weight is 343 g/mol. The van der Waals surface area contributed by atoms with Gasteiger partial charge in [-0.15, -0.1) is 9.24 Å². The Labute approximate surface area is 111 Å². The summed E-state index contributed by atoms with van der Waals surface area (Å²) >= 11 is 0.